The van der Waals surface area contributed by atoms with Gasteiger partial charge >= 0.3 is 6.18 Å². The third-order valence-electron chi connectivity index (χ3n) is 5.36. The van der Waals surface area contributed by atoms with Crippen LogP contribution in [-0.4, -0.2) is 23.4 Å². The van der Waals surface area contributed by atoms with E-state index < -0.39 is 23.4 Å². The van der Waals surface area contributed by atoms with Crippen molar-refractivity contribution < 1.29 is 31.5 Å². The summed E-state index contributed by atoms with van der Waals surface area (Å²) in [6.45, 7) is 0.206. The summed E-state index contributed by atoms with van der Waals surface area (Å²) < 4.78 is 71.9. The summed E-state index contributed by atoms with van der Waals surface area (Å²) in [6.07, 6.45) is -0.504. The second-order valence-electron chi connectivity index (χ2n) is 7.39. The van der Waals surface area contributed by atoms with Gasteiger partial charge in [-0.2, -0.15) is 13.2 Å². The second kappa shape index (κ2) is 8.22. The molecule has 0 amide bonds. The number of hydrogen-bond donors (Lipinski definition) is 1. The minimum Gasteiger partial charge on any atom is -0.490 e. The Balaban J connectivity index is 1.38. The van der Waals surface area contributed by atoms with E-state index in [2.05, 4.69) is 10.3 Å². The lowest BCUT2D eigenvalue weighted by atomic mass is 9.88. The Morgan fingerprint density at radius 2 is 1.87 bits per heavy atom. The Morgan fingerprint density at radius 3 is 2.58 bits per heavy atom. The summed E-state index contributed by atoms with van der Waals surface area (Å²) in [6, 6.07) is 5.35. The number of halogens is 5. The van der Waals surface area contributed by atoms with Crippen molar-refractivity contribution in [3.63, 3.8) is 0 Å². The normalized spacial score (nSPS) is 18.6. The van der Waals surface area contributed by atoms with Crippen LogP contribution in [0.25, 0.3) is 10.8 Å². The minimum absolute atomic E-state index is 0.0189. The van der Waals surface area contributed by atoms with Gasteiger partial charge in [-0.25, -0.2) is 8.78 Å². The second-order valence-corrected chi connectivity index (χ2v) is 7.39. The van der Waals surface area contributed by atoms with E-state index in [9.17, 15) is 26.7 Å². The number of alkyl halides is 3. The van der Waals surface area contributed by atoms with E-state index in [1.54, 1.807) is 6.07 Å². The fourth-order valence-electron chi connectivity index (χ4n) is 3.66. The lowest BCUT2D eigenvalue weighted by Crippen LogP contribution is -2.46. The SMILES string of the molecule is O=Cc1cc(F)c(CNC2CC(Oc3ccc(F)c(C(F)(F)F)c3)C2)c2ccncc12. The molecule has 1 fully saturated rings. The van der Waals surface area contributed by atoms with Crippen molar-refractivity contribution in [1.29, 1.82) is 0 Å². The summed E-state index contributed by atoms with van der Waals surface area (Å²) in [5.41, 5.74) is -0.741. The smallest absolute Gasteiger partial charge is 0.419 e. The molecule has 0 bridgehead atoms. The molecule has 0 spiro atoms. The van der Waals surface area contributed by atoms with Gasteiger partial charge in [0.05, 0.1) is 5.56 Å². The third-order valence-corrected chi connectivity index (χ3v) is 5.36. The van der Waals surface area contributed by atoms with Crippen LogP contribution in [0.2, 0.25) is 0 Å². The molecule has 4 nitrogen and oxygen atoms in total. The summed E-state index contributed by atoms with van der Waals surface area (Å²) in [5.74, 6) is -1.91. The summed E-state index contributed by atoms with van der Waals surface area (Å²) in [7, 11) is 0. The first-order valence-electron chi connectivity index (χ1n) is 9.53. The Bertz CT molecular complexity index is 1130. The number of aldehydes is 1. The van der Waals surface area contributed by atoms with E-state index in [0.29, 0.717) is 41.5 Å². The molecule has 1 aliphatic carbocycles. The number of hydrogen-bond acceptors (Lipinski definition) is 4. The van der Waals surface area contributed by atoms with Crippen LogP contribution >= 0.6 is 0 Å². The molecule has 0 saturated heterocycles. The van der Waals surface area contributed by atoms with Gasteiger partial charge in [0.1, 0.15) is 23.5 Å². The Kier molecular flexibility index (Phi) is 5.62. The van der Waals surface area contributed by atoms with Crippen molar-refractivity contribution in [2.45, 2.75) is 37.7 Å². The van der Waals surface area contributed by atoms with Crippen molar-refractivity contribution in [1.82, 2.24) is 10.3 Å². The van der Waals surface area contributed by atoms with Gasteiger partial charge in [0.2, 0.25) is 0 Å². The zero-order valence-electron chi connectivity index (χ0n) is 16.0. The van der Waals surface area contributed by atoms with E-state index in [4.69, 9.17) is 4.74 Å². The van der Waals surface area contributed by atoms with Crippen LogP contribution in [0.5, 0.6) is 5.75 Å². The molecule has 1 saturated carbocycles. The zero-order chi connectivity index (χ0) is 22.2. The van der Waals surface area contributed by atoms with Crippen molar-refractivity contribution in [3.8, 4) is 5.75 Å². The maximum Gasteiger partial charge on any atom is 0.419 e. The number of nitrogens with one attached hydrogen (secondary N) is 1. The molecule has 1 aromatic heterocycles. The number of rotatable bonds is 6. The number of nitrogens with zero attached hydrogens (tertiary/aromatic N) is 1. The molecule has 1 heterocycles. The summed E-state index contributed by atoms with van der Waals surface area (Å²) >= 11 is 0. The monoisotopic (exact) mass is 436 g/mol. The van der Waals surface area contributed by atoms with Crippen LogP contribution in [0, 0.1) is 11.6 Å². The van der Waals surface area contributed by atoms with Gasteiger partial charge in [-0.1, -0.05) is 0 Å². The highest BCUT2D eigenvalue weighted by molar-refractivity contribution is 5.99. The van der Waals surface area contributed by atoms with Crippen LogP contribution in [0.3, 0.4) is 0 Å². The Labute approximate surface area is 174 Å². The highest BCUT2D eigenvalue weighted by atomic mass is 19.4. The van der Waals surface area contributed by atoms with Gasteiger partial charge < -0.3 is 10.1 Å². The number of carbonyl (C=O) groups excluding carboxylic acids is 1. The lowest BCUT2D eigenvalue weighted by Gasteiger charge is -2.36. The third kappa shape index (κ3) is 4.36. The number of pyridine rings is 1. The van der Waals surface area contributed by atoms with E-state index in [-0.39, 0.29) is 30.0 Å². The van der Waals surface area contributed by atoms with Crippen LogP contribution in [0.15, 0.2) is 42.7 Å². The zero-order valence-corrected chi connectivity index (χ0v) is 16.0. The number of ether oxygens (including phenoxy) is 1. The number of carbonyl (C=O) groups is 1. The number of benzene rings is 2. The fourth-order valence-corrected chi connectivity index (χ4v) is 3.66. The number of fused-ring (bicyclic) bond motifs is 1. The number of aromatic nitrogens is 1. The molecule has 2 aromatic carbocycles. The molecular weight excluding hydrogens is 419 g/mol. The van der Waals surface area contributed by atoms with Gasteiger partial charge in [0.15, 0.2) is 6.29 Å². The van der Waals surface area contributed by atoms with E-state index in [1.165, 1.54) is 18.5 Å². The average Bonchev–Trinajstić information content (AvgIpc) is 2.70. The molecular formula is C22H17F5N2O2. The van der Waals surface area contributed by atoms with Crippen LogP contribution < -0.4 is 10.1 Å². The average molecular weight is 436 g/mol. The van der Waals surface area contributed by atoms with Crippen molar-refractivity contribution in [2.24, 2.45) is 0 Å². The summed E-state index contributed by atoms with van der Waals surface area (Å²) in [5, 5.41) is 4.34. The van der Waals surface area contributed by atoms with Gasteiger partial charge in [-0.15, -0.1) is 0 Å². The van der Waals surface area contributed by atoms with Gasteiger partial charge in [-0.3, -0.25) is 9.78 Å². The first-order valence-corrected chi connectivity index (χ1v) is 9.53. The van der Waals surface area contributed by atoms with Gasteiger partial charge in [0.25, 0.3) is 0 Å². The lowest BCUT2D eigenvalue weighted by molar-refractivity contribution is -0.140. The first kappa shape index (κ1) is 21.2. The topological polar surface area (TPSA) is 51.2 Å². The maximum atomic E-state index is 14.5. The Morgan fingerprint density at radius 1 is 1.10 bits per heavy atom. The first-order chi connectivity index (χ1) is 14.8. The Hall–Kier alpha value is -3.07. The van der Waals surface area contributed by atoms with Crippen molar-refractivity contribution >= 4 is 17.1 Å². The quantitative estimate of drug-likeness (QED) is 0.434. The predicted molar refractivity (Wildman–Crippen MR) is 103 cm³/mol. The summed E-state index contributed by atoms with van der Waals surface area (Å²) in [4.78, 5) is 15.2. The molecule has 162 valence electrons. The van der Waals surface area contributed by atoms with Crippen LogP contribution in [-0.2, 0) is 12.7 Å². The molecule has 0 atom stereocenters. The van der Waals surface area contributed by atoms with Crippen molar-refractivity contribution in [2.75, 3.05) is 0 Å². The highest BCUT2D eigenvalue weighted by Gasteiger charge is 2.35. The molecule has 0 unspecified atom stereocenters. The van der Waals surface area contributed by atoms with E-state index >= 15 is 0 Å². The molecule has 1 N–H and O–H groups in total. The standard InChI is InChI=1S/C22H17F5N2O2/c23-20-2-1-14(8-19(20)22(25,26)27)31-15-6-13(7-15)29-10-18-16-3-4-28-9-17(16)12(11-30)5-21(18)24/h1-5,8-9,11,13,15,29H,6-7,10H2. The minimum atomic E-state index is -4.80. The fraction of sp³-hybridized carbons (Fsp3) is 0.273. The maximum absolute atomic E-state index is 14.5. The highest BCUT2D eigenvalue weighted by Crippen LogP contribution is 2.35. The molecule has 9 heteroatoms. The molecule has 0 radical (unpaired) electrons. The van der Waals surface area contributed by atoms with E-state index in [1.807, 2.05) is 0 Å². The molecule has 4 rings (SSSR count). The predicted octanol–water partition coefficient (Wildman–Crippen LogP) is 5.04. The van der Waals surface area contributed by atoms with E-state index in [0.717, 1.165) is 12.1 Å². The largest absolute Gasteiger partial charge is 0.490 e. The van der Waals surface area contributed by atoms with Crippen LogP contribution in [0.1, 0.15) is 34.3 Å². The molecule has 1 aliphatic rings. The molecule has 3 aromatic rings. The molecule has 31 heavy (non-hydrogen) atoms. The van der Waals surface area contributed by atoms with Crippen molar-refractivity contribution in [3.05, 3.63) is 71.1 Å². The van der Waals surface area contributed by atoms with Gasteiger partial charge in [-0.05, 0) is 48.6 Å². The van der Waals surface area contributed by atoms with Crippen LogP contribution in [0.4, 0.5) is 22.0 Å². The van der Waals surface area contributed by atoms with Gasteiger partial charge in [0, 0.05) is 41.5 Å². The molecule has 0 aliphatic heterocycles.